The van der Waals surface area contributed by atoms with Crippen molar-refractivity contribution in [3.05, 3.63) is 70.6 Å². The number of carboxylic acid groups (broad SMARTS) is 1. The second-order valence-corrected chi connectivity index (χ2v) is 5.41. The summed E-state index contributed by atoms with van der Waals surface area (Å²) in [5.41, 5.74) is 0.556. The van der Waals surface area contributed by atoms with Crippen LogP contribution in [0.1, 0.15) is 10.5 Å². The highest BCUT2D eigenvalue weighted by atomic mass is 16.5. The molecule has 0 aliphatic rings. The molecule has 0 aliphatic heterocycles. The highest BCUT2D eigenvalue weighted by Gasteiger charge is 2.24. The van der Waals surface area contributed by atoms with Gasteiger partial charge in [-0.3, -0.25) is 14.2 Å². The molecule has 3 aromatic rings. The lowest BCUT2D eigenvalue weighted by Gasteiger charge is -2.17. The summed E-state index contributed by atoms with van der Waals surface area (Å²) in [4.78, 5) is 36.5. The number of aliphatic carboxylic acids is 1. The second kappa shape index (κ2) is 6.60. The predicted molar refractivity (Wildman–Crippen MR) is 92.6 cm³/mol. The number of hydrogen-bond donors (Lipinski definition) is 1. The van der Waals surface area contributed by atoms with Gasteiger partial charge in [-0.05, 0) is 17.0 Å². The molecule has 1 heterocycles. The fourth-order valence-electron chi connectivity index (χ4n) is 2.89. The number of fused-ring (bicyclic) bond motifs is 1. The SMILES string of the molecule is COC(=O)c1c(-c2ccccc2)c2ccccc2c(=O)n1CC(=O)O. The molecule has 1 N–H and O–H groups in total. The summed E-state index contributed by atoms with van der Waals surface area (Å²) in [5, 5.41) is 10.1. The molecule has 0 saturated carbocycles. The van der Waals surface area contributed by atoms with E-state index in [0.717, 1.165) is 4.57 Å². The number of carbonyl (C=O) groups is 2. The second-order valence-electron chi connectivity index (χ2n) is 5.41. The number of aromatic nitrogens is 1. The molecule has 0 spiro atoms. The smallest absolute Gasteiger partial charge is 0.355 e. The van der Waals surface area contributed by atoms with E-state index in [0.29, 0.717) is 21.9 Å². The molecule has 0 atom stereocenters. The third-order valence-corrected chi connectivity index (χ3v) is 3.91. The molecular weight excluding hydrogens is 322 g/mol. The molecule has 0 saturated heterocycles. The minimum Gasteiger partial charge on any atom is -0.480 e. The summed E-state index contributed by atoms with van der Waals surface area (Å²) in [6.07, 6.45) is 0. The van der Waals surface area contributed by atoms with Gasteiger partial charge in [-0.15, -0.1) is 0 Å². The lowest BCUT2D eigenvalue weighted by molar-refractivity contribution is -0.137. The van der Waals surface area contributed by atoms with Crippen molar-refractivity contribution in [2.45, 2.75) is 6.54 Å². The summed E-state index contributed by atoms with van der Waals surface area (Å²) < 4.78 is 5.79. The zero-order valence-electron chi connectivity index (χ0n) is 13.4. The first-order chi connectivity index (χ1) is 12.0. The number of ether oxygens (including phenoxy) is 1. The predicted octanol–water partition coefficient (Wildman–Crippen LogP) is 2.54. The minimum atomic E-state index is -1.22. The Morgan fingerprint density at radius 1 is 1.00 bits per heavy atom. The van der Waals surface area contributed by atoms with Crippen molar-refractivity contribution in [2.75, 3.05) is 7.11 Å². The number of pyridine rings is 1. The number of hydrogen-bond acceptors (Lipinski definition) is 4. The molecule has 1 aromatic heterocycles. The van der Waals surface area contributed by atoms with Crippen LogP contribution in [0.25, 0.3) is 21.9 Å². The number of carboxylic acids is 1. The fraction of sp³-hybridized carbons (Fsp3) is 0.105. The van der Waals surface area contributed by atoms with Gasteiger partial charge in [0.15, 0.2) is 0 Å². The molecule has 0 amide bonds. The van der Waals surface area contributed by atoms with Crippen LogP contribution in [0.3, 0.4) is 0 Å². The lowest BCUT2D eigenvalue weighted by atomic mass is 9.96. The van der Waals surface area contributed by atoms with Gasteiger partial charge in [-0.25, -0.2) is 4.79 Å². The van der Waals surface area contributed by atoms with Crippen molar-refractivity contribution in [3.8, 4) is 11.1 Å². The minimum absolute atomic E-state index is 0.0696. The number of rotatable bonds is 4. The molecule has 0 fully saturated rings. The number of benzene rings is 2. The topological polar surface area (TPSA) is 85.6 Å². The van der Waals surface area contributed by atoms with Crippen molar-refractivity contribution < 1.29 is 19.4 Å². The van der Waals surface area contributed by atoms with E-state index in [4.69, 9.17) is 4.74 Å². The van der Waals surface area contributed by atoms with E-state index < -0.39 is 24.0 Å². The number of esters is 1. The summed E-state index contributed by atoms with van der Waals surface area (Å²) in [6.45, 7) is -0.631. The van der Waals surface area contributed by atoms with Crippen LogP contribution < -0.4 is 5.56 Å². The van der Waals surface area contributed by atoms with Crippen molar-refractivity contribution >= 4 is 22.7 Å². The van der Waals surface area contributed by atoms with E-state index in [1.54, 1.807) is 48.5 Å². The molecule has 6 heteroatoms. The van der Waals surface area contributed by atoms with Crippen LogP contribution in [0.4, 0.5) is 0 Å². The summed E-state index contributed by atoms with van der Waals surface area (Å²) >= 11 is 0. The third kappa shape index (κ3) is 2.89. The first kappa shape index (κ1) is 16.4. The molecular formula is C19H15NO5. The molecule has 0 aliphatic carbocycles. The Morgan fingerprint density at radius 2 is 1.60 bits per heavy atom. The first-order valence-corrected chi connectivity index (χ1v) is 7.55. The van der Waals surface area contributed by atoms with Crippen LogP contribution in [0.15, 0.2) is 59.4 Å². The van der Waals surface area contributed by atoms with Crippen LogP contribution in [-0.4, -0.2) is 28.7 Å². The van der Waals surface area contributed by atoms with Gasteiger partial charge < -0.3 is 9.84 Å². The van der Waals surface area contributed by atoms with Crippen molar-refractivity contribution in [2.24, 2.45) is 0 Å². The lowest BCUT2D eigenvalue weighted by Crippen LogP contribution is -2.30. The molecule has 25 heavy (non-hydrogen) atoms. The Bertz CT molecular complexity index is 1020. The first-order valence-electron chi connectivity index (χ1n) is 7.55. The van der Waals surface area contributed by atoms with Gasteiger partial charge in [0.05, 0.1) is 7.11 Å². The van der Waals surface area contributed by atoms with Gasteiger partial charge in [0, 0.05) is 10.9 Å². The highest BCUT2D eigenvalue weighted by Crippen LogP contribution is 2.31. The molecule has 3 rings (SSSR count). The normalized spacial score (nSPS) is 10.6. The number of nitrogens with zero attached hydrogens (tertiary/aromatic N) is 1. The summed E-state index contributed by atoms with van der Waals surface area (Å²) in [6, 6.07) is 15.8. The van der Waals surface area contributed by atoms with E-state index >= 15 is 0 Å². The Labute approximate surface area is 142 Å². The quantitative estimate of drug-likeness (QED) is 0.740. The van der Waals surface area contributed by atoms with Gasteiger partial charge in [0.25, 0.3) is 5.56 Å². The van der Waals surface area contributed by atoms with Crippen LogP contribution >= 0.6 is 0 Å². The maximum absolute atomic E-state index is 12.8. The maximum atomic E-state index is 12.8. The van der Waals surface area contributed by atoms with Gasteiger partial charge in [-0.1, -0.05) is 48.5 Å². The van der Waals surface area contributed by atoms with Crippen LogP contribution in [0, 0.1) is 0 Å². The van der Waals surface area contributed by atoms with E-state index in [2.05, 4.69) is 0 Å². The Hall–Kier alpha value is -3.41. The van der Waals surface area contributed by atoms with E-state index in [-0.39, 0.29) is 5.69 Å². The standard InChI is InChI=1S/C19H15NO5/c1-25-19(24)17-16(12-7-3-2-4-8-12)13-9-5-6-10-14(13)18(23)20(17)11-15(21)22/h2-10H,11H2,1H3,(H,21,22). The van der Waals surface area contributed by atoms with Crippen molar-refractivity contribution in [1.29, 1.82) is 0 Å². The number of carbonyl (C=O) groups excluding carboxylic acids is 1. The molecule has 126 valence electrons. The molecule has 0 bridgehead atoms. The Morgan fingerprint density at radius 3 is 2.20 bits per heavy atom. The van der Waals surface area contributed by atoms with Gasteiger partial charge >= 0.3 is 11.9 Å². The average Bonchev–Trinajstić information content (AvgIpc) is 2.63. The van der Waals surface area contributed by atoms with Gasteiger partial charge in [-0.2, -0.15) is 0 Å². The van der Waals surface area contributed by atoms with Gasteiger partial charge in [0.1, 0.15) is 12.2 Å². The molecule has 6 nitrogen and oxygen atoms in total. The monoisotopic (exact) mass is 337 g/mol. The van der Waals surface area contributed by atoms with E-state index in [1.807, 2.05) is 6.07 Å². The zero-order chi connectivity index (χ0) is 18.0. The Balaban J connectivity index is 2.53. The van der Waals surface area contributed by atoms with Crippen LogP contribution in [0.5, 0.6) is 0 Å². The Kier molecular flexibility index (Phi) is 4.35. The average molecular weight is 337 g/mol. The fourth-order valence-corrected chi connectivity index (χ4v) is 2.89. The highest BCUT2D eigenvalue weighted by molar-refractivity contribution is 6.06. The third-order valence-electron chi connectivity index (χ3n) is 3.91. The van der Waals surface area contributed by atoms with Crippen LogP contribution in [-0.2, 0) is 16.1 Å². The van der Waals surface area contributed by atoms with E-state index in [9.17, 15) is 19.5 Å². The summed E-state index contributed by atoms with van der Waals surface area (Å²) in [5.74, 6) is -1.98. The van der Waals surface area contributed by atoms with E-state index in [1.165, 1.54) is 7.11 Å². The zero-order valence-corrected chi connectivity index (χ0v) is 13.4. The molecule has 2 aromatic carbocycles. The van der Waals surface area contributed by atoms with Crippen molar-refractivity contribution in [1.82, 2.24) is 4.57 Å². The number of methoxy groups -OCH3 is 1. The maximum Gasteiger partial charge on any atom is 0.355 e. The molecule has 0 radical (unpaired) electrons. The van der Waals surface area contributed by atoms with Gasteiger partial charge in [0.2, 0.25) is 0 Å². The summed E-state index contributed by atoms with van der Waals surface area (Å²) in [7, 11) is 1.20. The van der Waals surface area contributed by atoms with Crippen LogP contribution in [0.2, 0.25) is 0 Å². The largest absolute Gasteiger partial charge is 0.480 e. The van der Waals surface area contributed by atoms with Crippen molar-refractivity contribution in [3.63, 3.8) is 0 Å². The molecule has 0 unspecified atom stereocenters.